The fourth-order valence-electron chi connectivity index (χ4n) is 4.89. The number of hydrogen-bond donors (Lipinski definition) is 6. The summed E-state index contributed by atoms with van der Waals surface area (Å²) < 4.78 is 37.2. The zero-order chi connectivity index (χ0) is 29.1. The number of aromatic nitrogens is 8. The molecule has 0 radical (unpaired) electrons. The SMILES string of the molecule is Nc1ncnc2c1ncn2[C@@H]1O[C@H](CO)[C@@H](OP(=O)([O-])O[C@H]2[C@H](O)[C@H](n3cnc4c(N)ncnc43)O[C@@H]2CO)[C@@H]1O.[Na+]. The van der Waals surface area contributed by atoms with Crippen molar-refractivity contribution in [1.82, 2.24) is 39.0 Å². The van der Waals surface area contributed by atoms with Crippen LogP contribution in [-0.2, 0) is 23.1 Å². The number of aliphatic hydroxyl groups excluding tert-OH is 4. The molecule has 0 aliphatic carbocycles. The number of phosphoric acid groups is 1. The third-order valence-corrected chi connectivity index (χ3v) is 7.81. The number of nitrogens with two attached hydrogens (primary N) is 2. The molecule has 2 aliphatic rings. The van der Waals surface area contributed by atoms with Crippen LogP contribution >= 0.6 is 7.82 Å². The minimum atomic E-state index is -5.38. The minimum absolute atomic E-state index is 0. The van der Waals surface area contributed by atoms with Crippen molar-refractivity contribution in [2.45, 2.75) is 49.1 Å². The van der Waals surface area contributed by atoms with Crippen LogP contribution in [0.15, 0.2) is 25.3 Å². The Labute approximate surface area is 257 Å². The first-order valence-corrected chi connectivity index (χ1v) is 13.5. The number of nitrogen functional groups attached to an aromatic ring is 2. The summed E-state index contributed by atoms with van der Waals surface area (Å²) in [4.78, 5) is 37.0. The van der Waals surface area contributed by atoms with Crippen LogP contribution in [0.4, 0.5) is 11.6 Å². The molecule has 0 spiro atoms. The molecule has 2 saturated heterocycles. The maximum absolute atomic E-state index is 13.0. The topological polar surface area (TPSA) is 297 Å². The summed E-state index contributed by atoms with van der Waals surface area (Å²) in [6, 6.07) is 0. The van der Waals surface area contributed by atoms with Crippen molar-refractivity contribution in [3.63, 3.8) is 0 Å². The molecule has 0 aromatic carbocycles. The molecular weight excluding hydrogens is 594 g/mol. The summed E-state index contributed by atoms with van der Waals surface area (Å²) in [7, 11) is -5.38. The predicted octanol–water partition coefficient (Wildman–Crippen LogP) is -6.43. The summed E-state index contributed by atoms with van der Waals surface area (Å²) in [6.45, 7) is -1.48. The number of aliphatic hydroxyl groups is 4. The number of rotatable bonds is 8. The Morgan fingerprint density at radius 2 is 1.21 bits per heavy atom. The van der Waals surface area contributed by atoms with Gasteiger partial charge in [-0.2, -0.15) is 0 Å². The van der Waals surface area contributed by atoms with E-state index in [9.17, 15) is 29.9 Å². The average Bonchev–Trinajstić information content (AvgIpc) is 3.70. The number of nitrogens with zero attached hydrogens (tertiary/aromatic N) is 8. The van der Waals surface area contributed by atoms with Crippen LogP contribution in [0, 0.1) is 0 Å². The van der Waals surface area contributed by atoms with Crippen LogP contribution in [0.5, 0.6) is 0 Å². The van der Waals surface area contributed by atoms with Crippen molar-refractivity contribution in [3.8, 4) is 0 Å². The van der Waals surface area contributed by atoms with Gasteiger partial charge in [-0.3, -0.25) is 13.7 Å². The van der Waals surface area contributed by atoms with Crippen molar-refractivity contribution in [3.05, 3.63) is 25.3 Å². The molecule has 8 N–H and O–H groups in total. The first-order valence-electron chi connectivity index (χ1n) is 12.1. The smallest absolute Gasteiger partial charge is 0.756 e. The molecule has 22 heteroatoms. The number of hydrogen-bond acceptors (Lipinski definition) is 18. The van der Waals surface area contributed by atoms with Gasteiger partial charge in [0.25, 0.3) is 7.82 Å². The van der Waals surface area contributed by atoms with Gasteiger partial charge in [0.05, 0.1) is 25.9 Å². The molecule has 0 bridgehead atoms. The monoisotopic (exact) mass is 618 g/mol. The predicted molar refractivity (Wildman–Crippen MR) is 131 cm³/mol. The molecule has 6 rings (SSSR count). The molecule has 0 unspecified atom stereocenters. The van der Waals surface area contributed by atoms with Crippen molar-refractivity contribution in [1.29, 1.82) is 0 Å². The van der Waals surface area contributed by atoms with Crippen molar-refractivity contribution in [2.24, 2.45) is 0 Å². The molecule has 8 atom stereocenters. The van der Waals surface area contributed by atoms with Crippen LogP contribution in [0.3, 0.4) is 0 Å². The third-order valence-electron chi connectivity index (χ3n) is 6.80. The van der Waals surface area contributed by atoms with Gasteiger partial charge in [0, 0.05) is 0 Å². The Morgan fingerprint density at radius 3 is 1.60 bits per heavy atom. The first kappa shape index (κ1) is 31.0. The molecule has 0 saturated carbocycles. The van der Waals surface area contributed by atoms with Crippen LogP contribution in [0.1, 0.15) is 12.5 Å². The molecule has 2 aliphatic heterocycles. The second-order valence-electron chi connectivity index (χ2n) is 9.23. The van der Waals surface area contributed by atoms with Gasteiger partial charge in [-0.25, -0.2) is 29.9 Å². The Morgan fingerprint density at radius 1 is 0.810 bits per heavy atom. The molecule has 2 fully saturated rings. The number of phosphoric ester groups is 1. The Hall–Kier alpha value is -2.43. The normalized spacial score (nSPS) is 29.8. The first-order chi connectivity index (χ1) is 19.6. The maximum Gasteiger partial charge on any atom is 1.00 e. The largest absolute Gasteiger partial charge is 1.00 e. The van der Waals surface area contributed by atoms with Gasteiger partial charge in [0.15, 0.2) is 35.4 Å². The standard InChI is InChI=1S/C20H25N10O10P.Na/c21-15-9-17(25-3-23-15)29(5-27-9)19-11(33)13(7(1-31)37-19)39-41(35,36)40-14-8(2-32)38-20(12(14)34)30-6-28-10-16(22)24-4-26-18(10)30;/h3-8,11-14,19-20,31-34H,1-2H2,(H,35,36)(H2,21,23,25)(H2,22,24,26);/q;+1/p-1/t7-,8-,11+,12+,13-,14-,19-,20-;/m1./s1. The van der Waals surface area contributed by atoms with Gasteiger partial charge in [-0.1, -0.05) is 0 Å². The molecule has 42 heavy (non-hydrogen) atoms. The third kappa shape index (κ3) is 5.28. The molecule has 4 aromatic rings. The van der Waals surface area contributed by atoms with E-state index in [-0.39, 0.29) is 63.5 Å². The van der Waals surface area contributed by atoms with Gasteiger partial charge in [-0.05, 0) is 0 Å². The van der Waals surface area contributed by atoms with E-state index in [0.29, 0.717) is 0 Å². The van der Waals surface area contributed by atoms with E-state index < -0.39 is 70.1 Å². The van der Waals surface area contributed by atoms with Crippen LogP contribution < -0.4 is 45.9 Å². The number of imidazole rings is 2. The molecule has 220 valence electrons. The van der Waals surface area contributed by atoms with Crippen molar-refractivity contribution < 1.29 is 78.0 Å². The summed E-state index contributed by atoms with van der Waals surface area (Å²) in [5, 5.41) is 41.6. The molecule has 4 aromatic heterocycles. The van der Waals surface area contributed by atoms with E-state index in [4.69, 9.17) is 30.0 Å². The minimum Gasteiger partial charge on any atom is -0.756 e. The quantitative estimate of drug-likeness (QED) is 0.0790. The van der Waals surface area contributed by atoms with E-state index in [2.05, 4.69) is 29.9 Å². The van der Waals surface area contributed by atoms with Gasteiger partial charge in [-0.15, -0.1) is 0 Å². The Kier molecular flexibility index (Phi) is 8.80. The van der Waals surface area contributed by atoms with E-state index >= 15 is 0 Å². The fraction of sp³-hybridized carbons (Fsp3) is 0.500. The second-order valence-corrected chi connectivity index (χ2v) is 10.5. The van der Waals surface area contributed by atoms with Crippen molar-refractivity contribution >= 4 is 41.8 Å². The van der Waals surface area contributed by atoms with Gasteiger partial charge < -0.3 is 55.3 Å². The van der Waals surface area contributed by atoms with Crippen LogP contribution in [0.25, 0.3) is 22.3 Å². The van der Waals surface area contributed by atoms with Gasteiger partial charge in [0.1, 0.15) is 60.3 Å². The van der Waals surface area contributed by atoms with E-state index in [1.807, 2.05) is 0 Å². The Bertz CT molecular complexity index is 1510. The van der Waals surface area contributed by atoms with E-state index in [1.54, 1.807) is 0 Å². The van der Waals surface area contributed by atoms with Gasteiger partial charge >= 0.3 is 29.6 Å². The number of ether oxygens (including phenoxy) is 2. The zero-order valence-corrected chi connectivity index (χ0v) is 24.7. The number of anilines is 2. The molecule has 0 amide bonds. The summed E-state index contributed by atoms with van der Waals surface area (Å²) >= 11 is 0. The molecule has 20 nitrogen and oxygen atoms in total. The van der Waals surface area contributed by atoms with Crippen LogP contribution in [0.2, 0.25) is 0 Å². The van der Waals surface area contributed by atoms with E-state index in [1.165, 1.54) is 34.4 Å². The van der Waals surface area contributed by atoms with Gasteiger partial charge in [0.2, 0.25) is 0 Å². The van der Waals surface area contributed by atoms with E-state index in [0.717, 1.165) is 0 Å². The zero-order valence-electron chi connectivity index (χ0n) is 21.8. The summed E-state index contributed by atoms with van der Waals surface area (Å²) in [6.07, 6.45) is -7.00. The maximum atomic E-state index is 13.0. The fourth-order valence-corrected chi connectivity index (χ4v) is 6.06. The molecule has 6 heterocycles. The summed E-state index contributed by atoms with van der Waals surface area (Å²) in [5.41, 5.74) is 12.4. The van der Waals surface area contributed by atoms with Crippen molar-refractivity contribution in [2.75, 3.05) is 24.7 Å². The van der Waals surface area contributed by atoms with Crippen LogP contribution in [-0.4, -0.2) is 109 Å². The second kappa shape index (κ2) is 11.9. The molecular formula is C20H24N10NaO10P. The number of fused-ring (bicyclic) bond motifs is 2. The average molecular weight is 618 g/mol. The summed E-state index contributed by atoms with van der Waals surface area (Å²) in [5.74, 6) is 0.137. The Balaban J connectivity index is 0.00000353.